The quantitative estimate of drug-likeness (QED) is 0.664. The van der Waals surface area contributed by atoms with E-state index in [4.69, 9.17) is 4.74 Å². The van der Waals surface area contributed by atoms with Gasteiger partial charge in [-0.15, -0.1) is 0 Å². The number of aliphatic hydroxyl groups is 1. The summed E-state index contributed by atoms with van der Waals surface area (Å²) in [6, 6.07) is 3.72. The molecule has 6 heteroatoms. The third-order valence-electron chi connectivity index (χ3n) is 3.15. The third kappa shape index (κ3) is 3.99. The fourth-order valence-corrected chi connectivity index (χ4v) is 2.04. The highest BCUT2D eigenvalue weighted by atomic mass is 16.5. The largest absolute Gasteiger partial charge is 0.389 e. The first-order chi connectivity index (χ1) is 9.16. The maximum Gasteiger partial charge on any atom is 0.216 e. The number of nitrogens with one attached hydrogen (secondary N) is 2. The summed E-state index contributed by atoms with van der Waals surface area (Å²) in [7, 11) is 0. The molecule has 0 aromatic carbocycles. The molecule has 3 atom stereocenters. The fourth-order valence-electron chi connectivity index (χ4n) is 2.04. The molecule has 6 nitrogen and oxygen atoms in total. The lowest BCUT2D eigenvalue weighted by atomic mass is 10.1. The van der Waals surface area contributed by atoms with E-state index in [1.165, 1.54) is 6.92 Å². The predicted octanol–water partition coefficient (Wildman–Crippen LogP) is -0.564. The van der Waals surface area contributed by atoms with Gasteiger partial charge < -0.3 is 20.5 Å². The van der Waals surface area contributed by atoms with Gasteiger partial charge in [0.15, 0.2) is 0 Å². The van der Waals surface area contributed by atoms with Gasteiger partial charge in [-0.25, -0.2) is 0 Å². The van der Waals surface area contributed by atoms with E-state index in [0.717, 1.165) is 5.56 Å². The Labute approximate surface area is 112 Å². The van der Waals surface area contributed by atoms with Crippen LogP contribution >= 0.6 is 0 Å². The zero-order valence-corrected chi connectivity index (χ0v) is 10.9. The molecule has 1 fully saturated rings. The van der Waals surface area contributed by atoms with Gasteiger partial charge in [0.05, 0.1) is 18.8 Å². The van der Waals surface area contributed by atoms with Crippen LogP contribution in [0.4, 0.5) is 0 Å². The molecule has 1 saturated heterocycles. The third-order valence-corrected chi connectivity index (χ3v) is 3.15. The summed E-state index contributed by atoms with van der Waals surface area (Å²) < 4.78 is 5.48. The van der Waals surface area contributed by atoms with Crippen LogP contribution in [0.5, 0.6) is 0 Å². The van der Waals surface area contributed by atoms with E-state index in [2.05, 4.69) is 15.6 Å². The number of nitrogens with zero attached hydrogens (tertiary/aromatic N) is 1. The van der Waals surface area contributed by atoms with Crippen molar-refractivity contribution in [3.8, 4) is 0 Å². The van der Waals surface area contributed by atoms with Gasteiger partial charge >= 0.3 is 0 Å². The topological polar surface area (TPSA) is 83.5 Å². The van der Waals surface area contributed by atoms with Gasteiger partial charge in [-0.3, -0.25) is 9.78 Å². The Bertz CT molecular complexity index is 413. The van der Waals surface area contributed by atoms with E-state index < -0.39 is 6.10 Å². The Morgan fingerprint density at radius 2 is 2.26 bits per heavy atom. The van der Waals surface area contributed by atoms with E-state index in [1.807, 2.05) is 12.1 Å². The Morgan fingerprint density at radius 1 is 1.53 bits per heavy atom. The summed E-state index contributed by atoms with van der Waals surface area (Å²) in [6.45, 7) is 2.88. The van der Waals surface area contributed by atoms with E-state index in [-0.39, 0.29) is 18.1 Å². The standard InChI is InChI=1S/C13H19N3O3/c1-9(17)15-7-12-13(18)11(8-19-12)16-6-10-2-4-14-5-3-10/h2-5,11-13,16,18H,6-8H2,1H3,(H,15,17)/t11-,12-,13+/m1/s1. The van der Waals surface area contributed by atoms with Gasteiger partial charge in [0.25, 0.3) is 0 Å². The van der Waals surface area contributed by atoms with Crippen molar-refractivity contribution >= 4 is 5.91 Å². The van der Waals surface area contributed by atoms with Crippen molar-refractivity contribution < 1.29 is 14.6 Å². The predicted molar refractivity (Wildman–Crippen MR) is 69.3 cm³/mol. The van der Waals surface area contributed by atoms with Crippen LogP contribution in [0.3, 0.4) is 0 Å². The molecule has 0 bridgehead atoms. The van der Waals surface area contributed by atoms with Crippen LogP contribution in [0.25, 0.3) is 0 Å². The van der Waals surface area contributed by atoms with E-state index in [9.17, 15) is 9.90 Å². The van der Waals surface area contributed by atoms with Gasteiger partial charge in [0.2, 0.25) is 5.91 Å². The highest BCUT2D eigenvalue weighted by Gasteiger charge is 2.35. The Kier molecular flexibility index (Phi) is 4.84. The second kappa shape index (κ2) is 6.60. The number of pyridine rings is 1. The van der Waals surface area contributed by atoms with Crippen molar-refractivity contribution in [1.29, 1.82) is 0 Å². The molecule has 1 aromatic rings. The monoisotopic (exact) mass is 265 g/mol. The zero-order chi connectivity index (χ0) is 13.7. The van der Waals surface area contributed by atoms with Crippen molar-refractivity contribution in [2.75, 3.05) is 13.2 Å². The highest BCUT2D eigenvalue weighted by Crippen LogP contribution is 2.14. The van der Waals surface area contributed by atoms with Gasteiger partial charge in [-0.2, -0.15) is 0 Å². The lowest BCUT2D eigenvalue weighted by Gasteiger charge is -2.18. The molecule has 0 unspecified atom stereocenters. The molecule has 0 spiro atoms. The Hall–Kier alpha value is -1.50. The zero-order valence-electron chi connectivity index (χ0n) is 10.9. The van der Waals surface area contributed by atoms with Crippen molar-refractivity contribution in [3.63, 3.8) is 0 Å². The molecule has 0 saturated carbocycles. The van der Waals surface area contributed by atoms with Crippen molar-refractivity contribution in [1.82, 2.24) is 15.6 Å². The lowest BCUT2D eigenvalue weighted by molar-refractivity contribution is -0.119. The summed E-state index contributed by atoms with van der Waals surface area (Å²) in [5.74, 6) is -0.121. The van der Waals surface area contributed by atoms with Crippen molar-refractivity contribution in [3.05, 3.63) is 30.1 Å². The summed E-state index contributed by atoms with van der Waals surface area (Å²) in [5, 5.41) is 16.0. The summed E-state index contributed by atoms with van der Waals surface area (Å²) >= 11 is 0. The SMILES string of the molecule is CC(=O)NC[C@H]1OC[C@@H](NCc2ccncc2)[C@@H]1O. The molecule has 19 heavy (non-hydrogen) atoms. The molecule has 1 amide bonds. The first-order valence-corrected chi connectivity index (χ1v) is 6.33. The minimum Gasteiger partial charge on any atom is -0.389 e. The molecule has 3 N–H and O–H groups in total. The molecule has 0 aliphatic carbocycles. The van der Waals surface area contributed by atoms with E-state index >= 15 is 0 Å². The van der Waals surface area contributed by atoms with Crippen LogP contribution < -0.4 is 10.6 Å². The average molecular weight is 265 g/mol. The van der Waals surface area contributed by atoms with Crippen molar-refractivity contribution in [2.45, 2.75) is 31.7 Å². The lowest BCUT2D eigenvalue weighted by Crippen LogP contribution is -2.44. The maximum absolute atomic E-state index is 10.8. The molecule has 2 heterocycles. The minimum atomic E-state index is -0.617. The van der Waals surface area contributed by atoms with Crippen LogP contribution in [0.15, 0.2) is 24.5 Å². The van der Waals surface area contributed by atoms with Gasteiger partial charge in [0.1, 0.15) is 6.10 Å². The smallest absolute Gasteiger partial charge is 0.216 e. The fraction of sp³-hybridized carbons (Fsp3) is 0.538. The number of rotatable bonds is 5. The molecule has 1 aromatic heterocycles. The molecule has 1 aliphatic rings. The Balaban J connectivity index is 1.78. The highest BCUT2D eigenvalue weighted by molar-refractivity contribution is 5.72. The number of aromatic nitrogens is 1. The maximum atomic E-state index is 10.8. The number of aliphatic hydroxyl groups excluding tert-OH is 1. The number of amides is 1. The molecule has 1 aliphatic heterocycles. The first-order valence-electron chi connectivity index (χ1n) is 6.33. The van der Waals surface area contributed by atoms with Crippen LogP contribution in [-0.2, 0) is 16.1 Å². The van der Waals surface area contributed by atoms with E-state index in [0.29, 0.717) is 19.7 Å². The summed E-state index contributed by atoms with van der Waals surface area (Å²) in [6.07, 6.45) is 2.50. The molecule has 104 valence electrons. The minimum absolute atomic E-state index is 0.119. The molecule has 0 radical (unpaired) electrons. The van der Waals surface area contributed by atoms with Gasteiger partial charge in [-0.05, 0) is 17.7 Å². The van der Waals surface area contributed by atoms with Crippen molar-refractivity contribution in [2.24, 2.45) is 0 Å². The number of carbonyl (C=O) groups excluding carboxylic acids is 1. The summed E-state index contributed by atoms with van der Waals surface area (Å²) in [4.78, 5) is 14.8. The average Bonchev–Trinajstić information content (AvgIpc) is 2.76. The van der Waals surface area contributed by atoms with Crippen LogP contribution in [0.1, 0.15) is 12.5 Å². The number of ether oxygens (including phenoxy) is 1. The van der Waals surface area contributed by atoms with E-state index in [1.54, 1.807) is 12.4 Å². The number of carbonyl (C=O) groups is 1. The summed E-state index contributed by atoms with van der Waals surface area (Å²) in [5.41, 5.74) is 1.10. The molecule has 2 rings (SSSR count). The number of hydrogen-bond donors (Lipinski definition) is 3. The normalized spacial score (nSPS) is 26.3. The second-order valence-corrected chi connectivity index (χ2v) is 4.64. The first kappa shape index (κ1) is 13.9. The molecular formula is C13H19N3O3. The molecular weight excluding hydrogens is 246 g/mol. The van der Waals surface area contributed by atoms with Crippen LogP contribution in [0, 0.1) is 0 Å². The van der Waals surface area contributed by atoms with Crippen LogP contribution in [-0.4, -0.2) is 47.4 Å². The van der Waals surface area contributed by atoms with Crippen LogP contribution in [0.2, 0.25) is 0 Å². The van der Waals surface area contributed by atoms with Gasteiger partial charge in [0, 0.05) is 32.4 Å². The second-order valence-electron chi connectivity index (χ2n) is 4.64. The van der Waals surface area contributed by atoms with Gasteiger partial charge in [-0.1, -0.05) is 0 Å². The number of hydrogen-bond acceptors (Lipinski definition) is 5. The Morgan fingerprint density at radius 3 is 2.95 bits per heavy atom.